The molecule has 1 atom stereocenters. The van der Waals surface area contributed by atoms with Crippen molar-refractivity contribution in [2.45, 2.75) is 13.0 Å². The van der Waals surface area contributed by atoms with Crippen LogP contribution in [0.1, 0.15) is 5.56 Å². The molecule has 0 bridgehead atoms. The van der Waals surface area contributed by atoms with E-state index in [0.717, 1.165) is 5.56 Å². The molecule has 1 aromatic carbocycles. The number of aryl methyl sites for hydroxylation is 1. The van der Waals surface area contributed by atoms with Crippen molar-refractivity contribution in [1.82, 2.24) is 0 Å². The number of halogens is 1. The Hall–Kier alpha value is -1.40. The van der Waals surface area contributed by atoms with E-state index >= 15 is 0 Å². The Labute approximate surface area is 101 Å². The van der Waals surface area contributed by atoms with Gasteiger partial charge in [-0.1, -0.05) is 6.07 Å². The SMILES string of the molecule is Cc1ccc(NC(=O)C(N)C(=O)O)c(Br)c1. The van der Waals surface area contributed by atoms with E-state index in [0.29, 0.717) is 10.2 Å². The maximum absolute atomic E-state index is 11.4. The number of amides is 1. The van der Waals surface area contributed by atoms with E-state index < -0.39 is 17.9 Å². The van der Waals surface area contributed by atoms with E-state index in [4.69, 9.17) is 10.8 Å². The summed E-state index contributed by atoms with van der Waals surface area (Å²) in [5.74, 6) is -2.11. The minimum absolute atomic E-state index is 0.493. The topological polar surface area (TPSA) is 92.4 Å². The van der Waals surface area contributed by atoms with Crippen molar-refractivity contribution in [2.24, 2.45) is 5.73 Å². The van der Waals surface area contributed by atoms with Crippen molar-refractivity contribution in [1.29, 1.82) is 0 Å². The molecule has 0 radical (unpaired) electrons. The molecule has 0 heterocycles. The van der Waals surface area contributed by atoms with E-state index in [-0.39, 0.29) is 0 Å². The number of rotatable bonds is 3. The predicted molar refractivity (Wildman–Crippen MR) is 63.1 cm³/mol. The third kappa shape index (κ3) is 3.04. The Balaban J connectivity index is 2.81. The molecule has 0 saturated carbocycles. The minimum Gasteiger partial charge on any atom is -0.480 e. The standard InChI is InChI=1S/C10H11BrN2O3/c1-5-2-3-7(6(11)4-5)13-9(14)8(12)10(15)16/h2-4,8H,12H2,1H3,(H,13,14)(H,15,16). The highest BCUT2D eigenvalue weighted by Gasteiger charge is 2.21. The average molecular weight is 287 g/mol. The highest BCUT2D eigenvalue weighted by molar-refractivity contribution is 9.10. The lowest BCUT2D eigenvalue weighted by molar-refractivity contribution is -0.141. The van der Waals surface area contributed by atoms with Gasteiger partial charge in [-0.05, 0) is 40.5 Å². The largest absolute Gasteiger partial charge is 0.480 e. The van der Waals surface area contributed by atoms with E-state index in [9.17, 15) is 9.59 Å². The smallest absolute Gasteiger partial charge is 0.330 e. The fourth-order valence-electron chi connectivity index (χ4n) is 1.04. The van der Waals surface area contributed by atoms with Crippen LogP contribution in [0.5, 0.6) is 0 Å². The summed E-state index contributed by atoms with van der Waals surface area (Å²) in [7, 11) is 0. The number of hydrogen-bond acceptors (Lipinski definition) is 3. The van der Waals surface area contributed by atoms with Crippen molar-refractivity contribution >= 4 is 33.5 Å². The number of carboxylic acid groups (broad SMARTS) is 1. The monoisotopic (exact) mass is 286 g/mol. The zero-order valence-electron chi connectivity index (χ0n) is 8.53. The second-order valence-electron chi connectivity index (χ2n) is 3.29. The van der Waals surface area contributed by atoms with Crippen molar-refractivity contribution < 1.29 is 14.7 Å². The maximum atomic E-state index is 11.4. The first-order valence-corrected chi connectivity index (χ1v) is 5.26. The summed E-state index contributed by atoms with van der Waals surface area (Å²) in [6.45, 7) is 1.90. The summed E-state index contributed by atoms with van der Waals surface area (Å²) < 4.78 is 0.679. The van der Waals surface area contributed by atoms with Crippen LogP contribution in [0.15, 0.2) is 22.7 Å². The van der Waals surface area contributed by atoms with Gasteiger partial charge in [0.25, 0.3) is 5.91 Å². The lowest BCUT2D eigenvalue weighted by Gasteiger charge is -2.10. The number of hydrogen-bond donors (Lipinski definition) is 3. The zero-order chi connectivity index (χ0) is 12.3. The van der Waals surface area contributed by atoms with Gasteiger partial charge in [0.1, 0.15) is 0 Å². The first-order valence-electron chi connectivity index (χ1n) is 4.47. The van der Waals surface area contributed by atoms with Crippen molar-refractivity contribution in [2.75, 3.05) is 5.32 Å². The van der Waals surface area contributed by atoms with E-state index in [1.54, 1.807) is 12.1 Å². The quantitative estimate of drug-likeness (QED) is 0.726. The molecule has 0 aliphatic heterocycles. The second kappa shape index (κ2) is 5.09. The Kier molecular flexibility index (Phi) is 4.03. The van der Waals surface area contributed by atoms with Gasteiger partial charge in [0.05, 0.1) is 5.69 Å². The number of carbonyl (C=O) groups is 2. The lowest BCUT2D eigenvalue weighted by Crippen LogP contribution is -2.42. The average Bonchev–Trinajstić information content (AvgIpc) is 2.20. The van der Waals surface area contributed by atoms with Crippen LogP contribution >= 0.6 is 15.9 Å². The highest BCUT2D eigenvalue weighted by atomic mass is 79.9. The molecule has 1 rings (SSSR count). The van der Waals surface area contributed by atoms with Crippen molar-refractivity contribution in [3.8, 4) is 0 Å². The van der Waals surface area contributed by atoms with Crippen LogP contribution in [0.25, 0.3) is 0 Å². The number of nitrogens with one attached hydrogen (secondary N) is 1. The number of benzene rings is 1. The van der Waals surface area contributed by atoms with E-state index in [2.05, 4.69) is 21.2 Å². The molecule has 0 aliphatic carbocycles. The van der Waals surface area contributed by atoms with Gasteiger partial charge in [-0.15, -0.1) is 0 Å². The summed E-state index contributed by atoms with van der Waals surface area (Å²) in [5, 5.41) is 11.0. The van der Waals surface area contributed by atoms with Gasteiger partial charge < -0.3 is 16.2 Å². The third-order valence-electron chi connectivity index (χ3n) is 1.93. The van der Waals surface area contributed by atoms with Crippen LogP contribution in [0, 0.1) is 6.92 Å². The highest BCUT2D eigenvalue weighted by Crippen LogP contribution is 2.23. The van der Waals surface area contributed by atoms with Gasteiger partial charge >= 0.3 is 5.97 Å². The second-order valence-corrected chi connectivity index (χ2v) is 4.14. The van der Waals surface area contributed by atoms with Gasteiger partial charge in [0.15, 0.2) is 6.04 Å². The normalized spacial score (nSPS) is 11.9. The molecule has 0 saturated heterocycles. The Bertz CT molecular complexity index is 434. The van der Waals surface area contributed by atoms with Gasteiger partial charge in [0, 0.05) is 4.47 Å². The molecule has 1 unspecified atom stereocenters. The Morgan fingerprint density at radius 1 is 1.50 bits per heavy atom. The van der Waals surface area contributed by atoms with E-state index in [1.807, 2.05) is 13.0 Å². The number of carbonyl (C=O) groups excluding carboxylic acids is 1. The molecular formula is C10H11BrN2O3. The van der Waals surface area contributed by atoms with Crippen LogP contribution < -0.4 is 11.1 Å². The summed E-state index contributed by atoms with van der Waals surface area (Å²) in [5.41, 5.74) is 6.67. The van der Waals surface area contributed by atoms with Crippen molar-refractivity contribution in [3.63, 3.8) is 0 Å². The van der Waals surface area contributed by atoms with E-state index in [1.165, 1.54) is 0 Å². The maximum Gasteiger partial charge on any atom is 0.330 e. The molecule has 0 aromatic heterocycles. The lowest BCUT2D eigenvalue weighted by atomic mass is 10.2. The Morgan fingerprint density at radius 3 is 2.62 bits per heavy atom. The summed E-state index contributed by atoms with van der Waals surface area (Å²) in [4.78, 5) is 21.8. The van der Waals surface area contributed by atoms with Crippen LogP contribution in [-0.4, -0.2) is 23.0 Å². The molecule has 86 valence electrons. The predicted octanol–water partition coefficient (Wildman–Crippen LogP) is 1.11. The molecule has 16 heavy (non-hydrogen) atoms. The molecule has 1 amide bonds. The number of anilines is 1. The summed E-state index contributed by atoms with van der Waals surface area (Å²) >= 11 is 3.26. The van der Waals surface area contributed by atoms with Gasteiger partial charge in [-0.2, -0.15) is 0 Å². The van der Waals surface area contributed by atoms with Crippen LogP contribution in [0.4, 0.5) is 5.69 Å². The molecule has 0 aliphatic rings. The molecule has 4 N–H and O–H groups in total. The first-order chi connectivity index (χ1) is 7.41. The molecular weight excluding hydrogens is 276 g/mol. The van der Waals surface area contributed by atoms with Crippen LogP contribution in [0.3, 0.4) is 0 Å². The molecule has 0 spiro atoms. The van der Waals surface area contributed by atoms with Crippen LogP contribution in [0.2, 0.25) is 0 Å². The Morgan fingerprint density at radius 2 is 2.12 bits per heavy atom. The number of nitrogens with two attached hydrogens (primary N) is 1. The van der Waals surface area contributed by atoms with Gasteiger partial charge in [-0.25, -0.2) is 4.79 Å². The molecule has 0 fully saturated rings. The molecule has 5 nitrogen and oxygen atoms in total. The minimum atomic E-state index is -1.56. The summed E-state index contributed by atoms with van der Waals surface area (Å²) in [6, 6.07) is 3.72. The molecule has 6 heteroatoms. The summed E-state index contributed by atoms with van der Waals surface area (Å²) in [6.07, 6.45) is 0. The number of aliphatic carboxylic acids is 1. The van der Waals surface area contributed by atoms with Gasteiger partial charge in [0.2, 0.25) is 0 Å². The van der Waals surface area contributed by atoms with Gasteiger partial charge in [-0.3, -0.25) is 4.79 Å². The third-order valence-corrected chi connectivity index (χ3v) is 2.59. The number of carboxylic acids is 1. The fourth-order valence-corrected chi connectivity index (χ4v) is 1.64. The fraction of sp³-hybridized carbons (Fsp3) is 0.200. The zero-order valence-corrected chi connectivity index (χ0v) is 10.1. The first kappa shape index (κ1) is 12.7. The van der Waals surface area contributed by atoms with Crippen LogP contribution in [-0.2, 0) is 9.59 Å². The molecule has 1 aromatic rings. The van der Waals surface area contributed by atoms with Crippen molar-refractivity contribution in [3.05, 3.63) is 28.2 Å².